The van der Waals surface area contributed by atoms with Crippen molar-refractivity contribution in [3.8, 4) is 5.75 Å². The zero-order valence-corrected chi connectivity index (χ0v) is 18.1. The van der Waals surface area contributed by atoms with Gasteiger partial charge in [0.2, 0.25) is 0 Å². The van der Waals surface area contributed by atoms with Crippen molar-refractivity contribution in [3.63, 3.8) is 0 Å². The quantitative estimate of drug-likeness (QED) is 0.517. The molecule has 0 amide bonds. The molecule has 0 radical (unpaired) electrons. The lowest BCUT2D eigenvalue weighted by atomic mass is 9.97. The van der Waals surface area contributed by atoms with Gasteiger partial charge in [-0.1, -0.05) is 29.3 Å². The van der Waals surface area contributed by atoms with Crippen molar-refractivity contribution in [2.75, 3.05) is 13.7 Å². The maximum Gasteiger partial charge on any atom is 0.307 e. The predicted molar refractivity (Wildman–Crippen MR) is 117 cm³/mol. The number of hydrogen-bond donors (Lipinski definition) is 2. The highest BCUT2D eigenvalue weighted by molar-refractivity contribution is 6.42. The molecule has 0 saturated heterocycles. The Kier molecular flexibility index (Phi) is 6.96. The van der Waals surface area contributed by atoms with Crippen molar-refractivity contribution in [2.24, 2.45) is 0 Å². The summed E-state index contributed by atoms with van der Waals surface area (Å²) in [7, 11) is 1.41. The average Bonchev–Trinajstić information content (AvgIpc) is 3.08. The fourth-order valence-electron chi connectivity index (χ4n) is 3.60. The van der Waals surface area contributed by atoms with Crippen LogP contribution in [0, 0.1) is 0 Å². The van der Waals surface area contributed by atoms with E-state index in [9.17, 15) is 4.79 Å². The van der Waals surface area contributed by atoms with E-state index >= 15 is 0 Å². The van der Waals surface area contributed by atoms with Crippen LogP contribution in [0.3, 0.4) is 0 Å². The van der Waals surface area contributed by atoms with Crippen molar-refractivity contribution >= 4 is 52.5 Å². The number of carbonyl (C=O) groups is 1. The third-order valence-electron chi connectivity index (χ3n) is 5.01. The molecular formula is C21H21Cl3N2O3. The first kappa shape index (κ1) is 21.8. The topological polar surface area (TPSA) is 63.3 Å². The molecule has 2 aromatic carbocycles. The van der Waals surface area contributed by atoms with Crippen molar-refractivity contribution < 1.29 is 14.3 Å². The second-order valence-corrected chi connectivity index (χ2v) is 7.61. The summed E-state index contributed by atoms with van der Waals surface area (Å²) in [5.74, 6) is 0.554. The molecule has 0 bridgehead atoms. The lowest BCUT2D eigenvalue weighted by Crippen LogP contribution is -2.31. The standard InChI is InChI=1S/C21H20Cl2N2O3.ClH/c1-27-20(26)10-19-21-14(6-7-24-19)15-9-13(3-5-18(15)25-21)28-11-12-2-4-16(22)17(23)8-12;/h2-5,8-9,19,24-25H,6-7,10-11H2,1H3;1H. The van der Waals surface area contributed by atoms with Crippen LogP contribution in [0.1, 0.15) is 29.3 Å². The van der Waals surface area contributed by atoms with Gasteiger partial charge in [-0.15, -0.1) is 12.4 Å². The van der Waals surface area contributed by atoms with Crippen molar-refractivity contribution in [3.05, 3.63) is 63.3 Å². The van der Waals surface area contributed by atoms with Crippen LogP contribution in [-0.4, -0.2) is 24.6 Å². The van der Waals surface area contributed by atoms with E-state index in [2.05, 4.69) is 10.3 Å². The van der Waals surface area contributed by atoms with Crippen molar-refractivity contribution in [1.82, 2.24) is 10.3 Å². The fourth-order valence-corrected chi connectivity index (χ4v) is 3.92. The number of methoxy groups -OCH3 is 1. The number of halogens is 3. The minimum absolute atomic E-state index is 0. The van der Waals surface area contributed by atoms with Gasteiger partial charge in [-0.2, -0.15) is 0 Å². The number of hydrogen-bond acceptors (Lipinski definition) is 4. The highest BCUT2D eigenvalue weighted by Gasteiger charge is 2.26. The molecule has 0 aliphatic carbocycles. The summed E-state index contributed by atoms with van der Waals surface area (Å²) in [6.07, 6.45) is 1.19. The maximum absolute atomic E-state index is 11.7. The predicted octanol–water partition coefficient (Wildman–Crippen LogP) is 5.23. The molecule has 1 aliphatic rings. The molecule has 1 aliphatic heterocycles. The average molecular weight is 456 g/mol. The number of fused-ring (bicyclic) bond motifs is 3. The van der Waals surface area contributed by atoms with E-state index in [4.69, 9.17) is 32.7 Å². The Morgan fingerprint density at radius 1 is 1.17 bits per heavy atom. The molecular weight excluding hydrogens is 435 g/mol. The first-order chi connectivity index (χ1) is 13.5. The van der Waals surface area contributed by atoms with Gasteiger partial charge < -0.3 is 19.8 Å². The van der Waals surface area contributed by atoms with E-state index in [-0.39, 0.29) is 24.4 Å². The van der Waals surface area contributed by atoms with Crippen LogP contribution >= 0.6 is 35.6 Å². The van der Waals surface area contributed by atoms with Crippen LogP contribution in [0.2, 0.25) is 10.0 Å². The largest absolute Gasteiger partial charge is 0.489 e. The van der Waals surface area contributed by atoms with Gasteiger partial charge in [0, 0.05) is 16.6 Å². The summed E-state index contributed by atoms with van der Waals surface area (Å²) in [5, 5.41) is 5.55. The van der Waals surface area contributed by atoms with E-state index < -0.39 is 0 Å². The van der Waals surface area contributed by atoms with Gasteiger partial charge in [0.05, 0.1) is 29.6 Å². The van der Waals surface area contributed by atoms with Crippen molar-refractivity contribution in [2.45, 2.75) is 25.5 Å². The molecule has 2 heterocycles. The van der Waals surface area contributed by atoms with Gasteiger partial charge in [-0.25, -0.2) is 0 Å². The molecule has 4 rings (SSSR count). The van der Waals surface area contributed by atoms with Gasteiger partial charge in [-0.3, -0.25) is 4.79 Å². The Labute approximate surface area is 185 Å². The number of benzene rings is 2. The minimum Gasteiger partial charge on any atom is -0.489 e. The number of aromatic amines is 1. The van der Waals surface area contributed by atoms with E-state index in [1.54, 1.807) is 6.07 Å². The van der Waals surface area contributed by atoms with Gasteiger partial charge in [0.25, 0.3) is 0 Å². The first-order valence-corrected chi connectivity index (χ1v) is 9.82. The second kappa shape index (κ2) is 9.26. The molecule has 1 unspecified atom stereocenters. The Bertz CT molecular complexity index is 1040. The molecule has 0 fully saturated rings. The molecule has 1 aromatic heterocycles. The molecule has 2 N–H and O–H groups in total. The molecule has 0 spiro atoms. The van der Waals surface area contributed by atoms with Crippen LogP contribution in [0.5, 0.6) is 5.75 Å². The molecule has 0 saturated carbocycles. The molecule has 29 heavy (non-hydrogen) atoms. The Morgan fingerprint density at radius 2 is 2.00 bits per heavy atom. The zero-order chi connectivity index (χ0) is 19.7. The van der Waals surface area contributed by atoms with E-state index in [1.165, 1.54) is 12.7 Å². The Hall–Kier alpha value is -1.92. The summed E-state index contributed by atoms with van der Waals surface area (Å²) in [4.78, 5) is 15.2. The smallest absolute Gasteiger partial charge is 0.307 e. The molecule has 3 aromatic rings. The third kappa shape index (κ3) is 4.64. The Balaban J connectivity index is 0.00000240. The zero-order valence-electron chi connectivity index (χ0n) is 15.8. The molecule has 8 heteroatoms. The normalized spacial score (nSPS) is 15.5. The molecule has 5 nitrogen and oxygen atoms in total. The van der Waals surface area contributed by atoms with Crippen LogP contribution < -0.4 is 10.1 Å². The molecule has 154 valence electrons. The lowest BCUT2D eigenvalue weighted by Gasteiger charge is -2.23. The molecule has 1 atom stereocenters. The van der Waals surface area contributed by atoms with Gasteiger partial charge >= 0.3 is 5.97 Å². The summed E-state index contributed by atoms with van der Waals surface area (Å²) in [6, 6.07) is 11.4. The second-order valence-electron chi connectivity index (χ2n) is 6.80. The summed E-state index contributed by atoms with van der Waals surface area (Å²) < 4.78 is 10.8. The van der Waals surface area contributed by atoms with E-state index in [0.29, 0.717) is 23.1 Å². The minimum atomic E-state index is -0.227. The summed E-state index contributed by atoms with van der Waals surface area (Å²) in [6.45, 7) is 1.22. The van der Waals surface area contributed by atoms with Gasteiger partial charge in [0.1, 0.15) is 12.4 Å². The van der Waals surface area contributed by atoms with Crippen LogP contribution in [0.4, 0.5) is 0 Å². The van der Waals surface area contributed by atoms with Gasteiger partial charge in [0.15, 0.2) is 0 Å². The number of nitrogens with one attached hydrogen (secondary N) is 2. The highest BCUT2D eigenvalue weighted by Crippen LogP contribution is 2.34. The number of ether oxygens (including phenoxy) is 2. The lowest BCUT2D eigenvalue weighted by molar-refractivity contribution is -0.141. The maximum atomic E-state index is 11.7. The number of rotatable bonds is 5. The number of esters is 1. The van der Waals surface area contributed by atoms with E-state index in [1.807, 2.05) is 30.3 Å². The SMILES string of the molecule is COC(=O)CC1NCCc2c1[nH]c1ccc(OCc3ccc(Cl)c(Cl)c3)cc21.Cl. The van der Waals surface area contributed by atoms with Crippen LogP contribution in [-0.2, 0) is 22.6 Å². The first-order valence-electron chi connectivity index (χ1n) is 9.06. The fraction of sp³-hybridized carbons (Fsp3) is 0.286. The number of carbonyl (C=O) groups excluding carboxylic acids is 1. The third-order valence-corrected chi connectivity index (χ3v) is 5.75. The number of H-pyrrole nitrogens is 1. The van der Waals surface area contributed by atoms with Crippen molar-refractivity contribution in [1.29, 1.82) is 0 Å². The highest BCUT2D eigenvalue weighted by atomic mass is 35.5. The van der Waals surface area contributed by atoms with Crippen LogP contribution in [0.15, 0.2) is 36.4 Å². The summed E-state index contributed by atoms with van der Waals surface area (Å²) >= 11 is 12.0. The van der Waals surface area contributed by atoms with Gasteiger partial charge in [-0.05, 0) is 54.4 Å². The Morgan fingerprint density at radius 3 is 2.76 bits per heavy atom. The number of aromatic nitrogens is 1. The van der Waals surface area contributed by atoms with Crippen LogP contribution in [0.25, 0.3) is 10.9 Å². The monoisotopic (exact) mass is 454 g/mol. The summed E-state index contributed by atoms with van der Waals surface area (Å²) in [5.41, 5.74) is 4.26. The van der Waals surface area contributed by atoms with E-state index in [0.717, 1.165) is 40.9 Å².